The molecule has 0 amide bonds. The molecule has 0 atom stereocenters. The summed E-state index contributed by atoms with van der Waals surface area (Å²) in [6.07, 6.45) is -4.49. The SMILES string of the molecule is FC(F)(F)c1ccccc1Nc1nc(-c2ccccc2)c2ccc(Cl)cc2n1. The molecule has 140 valence electrons. The molecular formula is C21H13ClF3N3. The minimum Gasteiger partial charge on any atom is -0.324 e. The Morgan fingerprint density at radius 3 is 2.29 bits per heavy atom. The first-order valence-corrected chi connectivity index (χ1v) is 8.75. The van der Waals surface area contributed by atoms with Crippen LogP contribution in [0.5, 0.6) is 0 Å². The molecule has 3 nitrogen and oxygen atoms in total. The Morgan fingerprint density at radius 2 is 1.54 bits per heavy atom. The normalized spacial score (nSPS) is 11.6. The minimum absolute atomic E-state index is 0.0605. The van der Waals surface area contributed by atoms with Gasteiger partial charge < -0.3 is 5.32 Å². The fourth-order valence-electron chi connectivity index (χ4n) is 2.93. The second kappa shape index (κ2) is 7.13. The Balaban J connectivity index is 1.88. The van der Waals surface area contributed by atoms with Crippen molar-refractivity contribution in [3.8, 4) is 11.3 Å². The van der Waals surface area contributed by atoms with Gasteiger partial charge in [0.2, 0.25) is 5.95 Å². The van der Waals surface area contributed by atoms with Gasteiger partial charge in [-0.05, 0) is 30.3 Å². The molecule has 0 bridgehead atoms. The number of alkyl halides is 3. The lowest BCUT2D eigenvalue weighted by Crippen LogP contribution is -2.09. The van der Waals surface area contributed by atoms with Gasteiger partial charge in [0.05, 0.1) is 22.5 Å². The van der Waals surface area contributed by atoms with E-state index in [1.54, 1.807) is 18.2 Å². The highest BCUT2D eigenvalue weighted by molar-refractivity contribution is 6.31. The molecule has 4 rings (SSSR count). The first-order chi connectivity index (χ1) is 13.4. The monoisotopic (exact) mass is 399 g/mol. The standard InChI is InChI=1S/C21H13ClF3N3/c22-14-10-11-15-18(12-14)27-20(28-19(15)13-6-2-1-3-7-13)26-17-9-5-4-8-16(17)21(23,24)25/h1-12H,(H,26,27,28). The van der Waals surface area contributed by atoms with Crippen LogP contribution in [0.1, 0.15) is 5.56 Å². The maximum atomic E-state index is 13.3. The van der Waals surface area contributed by atoms with Crippen molar-refractivity contribution in [2.45, 2.75) is 6.18 Å². The molecule has 0 aliphatic heterocycles. The summed E-state index contributed by atoms with van der Waals surface area (Å²) in [7, 11) is 0. The van der Waals surface area contributed by atoms with Crippen molar-refractivity contribution in [1.29, 1.82) is 0 Å². The van der Waals surface area contributed by atoms with E-state index in [0.29, 0.717) is 16.2 Å². The van der Waals surface area contributed by atoms with Gasteiger partial charge in [0.15, 0.2) is 0 Å². The van der Waals surface area contributed by atoms with E-state index in [1.807, 2.05) is 30.3 Å². The molecule has 1 N–H and O–H groups in total. The van der Waals surface area contributed by atoms with Crippen LogP contribution >= 0.6 is 11.6 Å². The Morgan fingerprint density at radius 1 is 0.821 bits per heavy atom. The molecule has 1 aromatic heterocycles. The minimum atomic E-state index is -4.49. The molecule has 28 heavy (non-hydrogen) atoms. The first kappa shape index (κ1) is 18.3. The van der Waals surface area contributed by atoms with Crippen LogP contribution in [0.2, 0.25) is 5.02 Å². The smallest absolute Gasteiger partial charge is 0.324 e. The van der Waals surface area contributed by atoms with E-state index in [9.17, 15) is 13.2 Å². The third kappa shape index (κ3) is 3.64. The van der Waals surface area contributed by atoms with Crippen molar-refractivity contribution < 1.29 is 13.2 Å². The highest BCUT2D eigenvalue weighted by Crippen LogP contribution is 2.36. The molecule has 0 aliphatic rings. The summed E-state index contributed by atoms with van der Waals surface area (Å²) < 4.78 is 39.9. The Bertz CT molecular complexity index is 1140. The maximum absolute atomic E-state index is 13.3. The van der Waals surface area contributed by atoms with Crippen LogP contribution in [-0.4, -0.2) is 9.97 Å². The third-order valence-corrected chi connectivity index (χ3v) is 4.42. The largest absolute Gasteiger partial charge is 0.418 e. The van der Waals surface area contributed by atoms with Crippen LogP contribution < -0.4 is 5.32 Å². The number of benzene rings is 3. The zero-order valence-electron chi connectivity index (χ0n) is 14.3. The number of halogens is 4. The van der Waals surface area contributed by atoms with E-state index in [0.717, 1.165) is 17.0 Å². The maximum Gasteiger partial charge on any atom is 0.418 e. The van der Waals surface area contributed by atoms with E-state index >= 15 is 0 Å². The number of para-hydroxylation sites is 1. The molecule has 3 aromatic carbocycles. The van der Waals surface area contributed by atoms with E-state index in [1.165, 1.54) is 18.2 Å². The topological polar surface area (TPSA) is 37.8 Å². The van der Waals surface area contributed by atoms with Gasteiger partial charge in [-0.1, -0.05) is 54.1 Å². The van der Waals surface area contributed by atoms with Gasteiger partial charge in [0.25, 0.3) is 0 Å². The molecule has 0 unspecified atom stereocenters. The number of rotatable bonds is 3. The number of fused-ring (bicyclic) bond motifs is 1. The summed E-state index contributed by atoms with van der Waals surface area (Å²) in [5.74, 6) is 0.0605. The van der Waals surface area contributed by atoms with Crippen LogP contribution in [0, 0.1) is 0 Å². The molecule has 0 spiro atoms. The van der Waals surface area contributed by atoms with Crippen LogP contribution in [0.15, 0.2) is 72.8 Å². The number of nitrogens with one attached hydrogen (secondary N) is 1. The number of nitrogens with zero attached hydrogens (tertiary/aromatic N) is 2. The highest BCUT2D eigenvalue weighted by atomic mass is 35.5. The van der Waals surface area contributed by atoms with Crippen LogP contribution in [-0.2, 0) is 6.18 Å². The lowest BCUT2D eigenvalue weighted by Gasteiger charge is -2.15. The zero-order chi connectivity index (χ0) is 19.7. The number of aromatic nitrogens is 2. The predicted octanol–water partition coefficient (Wildman–Crippen LogP) is 6.71. The first-order valence-electron chi connectivity index (χ1n) is 8.38. The molecular weight excluding hydrogens is 387 g/mol. The average Bonchev–Trinajstić information content (AvgIpc) is 2.67. The number of anilines is 2. The molecule has 0 aliphatic carbocycles. The second-order valence-electron chi connectivity index (χ2n) is 6.09. The Hall–Kier alpha value is -3.12. The quantitative estimate of drug-likeness (QED) is 0.416. The summed E-state index contributed by atoms with van der Waals surface area (Å²) in [5, 5.41) is 3.95. The fraction of sp³-hybridized carbons (Fsp3) is 0.0476. The van der Waals surface area contributed by atoms with Crippen molar-refractivity contribution in [3.05, 3.63) is 83.4 Å². The molecule has 0 radical (unpaired) electrons. The lowest BCUT2D eigenvalue weighted by molar-refractivity contribution is -0.136. The summed E-state index contributed by atoms with van der Waals surface area (Å²) in [6.45, 7) is 0. The van der Waals surface area contributed by atoms with Gasteiger partial charge in [0.1, 0.15) is 0 Å². The molecule has 0 saturated carbocycles. The van der Waals surface area contributed by atoms with Crippen LogP contribution in [0.3, 0.4) is 0 Å². The molecule has 0 saturated heterocycles. The Labute approximate surface area is 163 Å². The summed E-state index contributed by atoms with van der Waals surface area (Å²) in [4.78, 5) is 8.85. The third-order valence-electron chi connectivity index (χ3n) is 4.19. The van der Waals surface area contributed by atoms with Gasteiger partial charge in [-0.3, -0.25) is 0 Å². The summed E-state index contributed by atoms with van der Waals surface area (Å²) in [6, 6.07) is 19.8. The molecule has 0 fully saturated rings. The van der Waals surface area contributed by atoms with Gasteiger partial charge in [0, 0.05) is 16.0 Å². The van der Waals surface area contributed by atoms with Crippen LogP contribution in [0.25, 0.3) is 22.2 Å². The molecule has 1 heterocycles. The van der Waals surface area contributed by atoms with E-state index in [-0.39, 0.29) is 11.6 Å². The molecule has 4 aromatic rings. The average molecular weight is 400 g/mol. The summed E-state index contributed by atoms with van der Waals surface area (Å²) in [5.41, 5.74) is 1.06. The van der Waals surface area contributed by atoms with Crippen LogP contribution in [0.4, 0.5) is 24.8 Å². The van der Waals surface area contributed by atoms with E-state index in [2.05, 4.69) is 15.3 Å². The zero-order valence-corrected chi connectivity index (χ0v) is 15.1. The predicted molar refractivity (Wildman–Crippen MR) is 105 cm³/mol. The van der Waals surface area contributed by atoms with E-state index < -0.39 is 11.7 Å². The van der Waals surface area contributed by atoms with Crippen molar-refractivity contribution in [3.63, 3.8) is 0 Å². The van der Waals surface area contributed by atoms with Gasteiger partial charge in [-0.15, -0.1) is 0 Å². The van der Waals surface area contributed by atoms with Gasteiger partial charge >= 0.3 is 6.18 Å². The number of hydrogen-bond donors (Lipinski definition) is 1. The number of hydrogen-bond acceptors (Lipinski definition) is 3. The van der Waals surface area contributed by atoms with Crippen molar-refractivity contribution >= 4 is 34.1 Å². The van der Waals surface area contributed by atoms with Crippen molar-refractivity contribution in [2.75, 3.05) is 5.32 Å². The van der Waals surface area contributed by atoms with Gasteiger partial charge in [-0.2, -0.15) is 13.2 Å². The van der Waals surface area contributed by atoms with Crippen molar-refractivity contribution in [1.82, 2.24) is 9.97 Å². The highest BCUT2D eigenvalue weighted by Gasteiger charge is 2.33. The molecule has 7 heteroatoms. The lowest BCUT2D eigenvalue weighted by atomic mass is 10.1. The van der Waals surface area contributed by atoms with E-state index in [4.69, 9.17) is 11.6 Å². The fourth-order valence-corrected chi connectivity index (χ4v) is 3.10. The second-order valence-corrected chi connectivity index (χ2v) is 6.53. The van der Waals surface area contributed by atoms with Crippen molar-refractivity contribution in [2.24, 2.45) is 0 Å². The van der Waals surface area contributed by atoms with Gasteiger partial charge in [-0.25, -0.2) is 9.97 Å². The Kier molecular flexibility index (Phi) is 4.65. The summed E-state index contributed by atoms with van der Waals surface area (Å²) >= 11 is 6.09.